The van der Waals surface area contributed by atoms with Crippen molar-refractivity contribution in [3.63, 3.8) is 0 Å². The summed E-state index contributed by atoms with van der Waals surface area (Å²) in [5.74, 6) is -2.16. The number of aliphatic hydroxyl groups is 1. The first-order valence-electron chi connectivity index (χ1n) is 9.21. The van der Waals surface area contributed by atoms with Gasteiger partial charge < -0.3 is 14.7 Å². The molecule has 2 aromatic carbocycles. The number of carbonyl (C=O) groups is 2. The van der Waals surface area contributed by atoms with Crippen LogP contribution in [0.3, 0.4) is 0 Å². The van der Waals surface area contributed by atoms with Crippen LogP contribution in [-0.4, -0.2) is 41.5 Å². The number of hydrogen-bond donors (Lipinski definition) is 1. The topological polar surface area (TPSA) is 66.8 Å². The molecule has 0 saturated carbocycles. The summed E-state index contributed by atoms with van der Waals surface area (Å²) >= 11 is 0. The summed E-state index contributed by atoms with van der Waals surface area (Å²) in [5, 5.41) is 10.8. The van der Waals surface area contributed by atoms with E-state index in [0.717, 1.165) is 5.56 Å². The summed E-state index contributed by atoms with van der Waals surface area (Å²) in [5.41, 5.74) is 1.02. The maximum atomic E-state index is 13.2. The summed E-state index contributed by atoms with van der Waals surface area (Å²) in [6.45, 7) is 3.26. The maximum absolute atomic E-state index is 13.2. The zero-order valence-electron chi connectivity index (χ0n) is 15.6. The van der Waals surface area contributed by atoms with Crippen molar-refractivity contribution in [2.75, 3.05) is 19.8 Å². The Morgan fingerprint density at radius 2 is 1.79 bits per heavy atom. The SMILES string of the molecule is CCOCCCN1C(=O)C(=O)C(=C(O)c2ccc(F)cc2)[C@@H]1c1ccccc1. The molecule has 146 valence electrons. The fourth-order valence-electron chi connectivity index (χ4n) is 3.34. The number of aliphatic hydroxyl groups excluding tert-OH is 1. The van der Waals surface area contributed by atoms with E-state index in [-0.39, 0.29) is 16.9 Å². The van der Waals surface area contributed by atoms with Gasteiger partial charge >= 0.3 is 0 Å². The van der Waals surface area contributed by atoms with Crippen LogP contribution in [0.25, 0.3) is 5.76 Å². The van der Waals surface area contributed by atoms with Crippen molar-refractivity contribution in [3.05, 3.63) is 77.1 Å². The Hall–Kier alpha value is -2.99. The van der Waals surface area contributed by atoms with Crippen molar-refractivity contribution in [1.29, 1.82) is 0 Å². The quantitative estimate of drug-likeness (QED) is 0.343. The van der Waals surface area contributed by atoms with E-state index in [1.165, 1.54) is 29.2 Å². The molecule has 0 radical (unpaired) electrons. The molecule has 1 aliphatic rings. The molecule has 1 amide bonds. The number of hydrogen-bond acceptors (Lipinski definition) is 4. The molecule has 1 N–H and O–H groups in total. The first-order valence-corrected chi connectivity index (χ1v) is 9.21. The molecule has 1 heterocycles. The number of Topliss-reactive ketones (excluding diaryl/α,β-unsaturated/α-hetero) is 1. The Morgan fingerprint density at radius 3 is 2.43 bits per heavy atom. The number of amides is 1. The van der Waals surface area contributed by atoms with Gasteiger partial charge in [0.15, 0.2) is 0 Å². The van der Waals surface area contributed by atoms with Gasteiger partial charge in [-0.3, -0.25) is 9.59 Å². The Bertz CT molecular complexity index is 877. The molecular formula is C22H22FNO4. The van der Waals surface area contributed by atoms with Crippen LogP contribution in [-0.2, 0) is 14.3 Å². The molecule has 0 spiro atoms. The van der Waals surface area contributed by atoms with Crippen LogP contribution in [0.15, 0.2) is 60.2 Å². The van der Waals surface area contributed by atoms with Gasteiger partial charge in [-0.05, 0) is 43.2 Å². The van der Waals surface area contributed by atoms with Gasteiger partial charge in [-0.15, -0.1) is 0 Å². The molecule has 1 fully saturated rings. The van der Waals surface area contributed by atoms with E-state index in [1.807, 2.05) is 37.3 Å². The van der Waals surface area contributed by atoms with Crippen molar-refractivity contribution >= 4 is 17.4 Å². The first-order chi connectivity index (χ1) is 13.5. The van der Waals surface area contributed by atoms with Crippen molar-refractivity contribution in [1.82, 2.24) is 4.90 Å². The van der Waals surface area contributed by atoms with Crippen LogP contribution in [0, 0.1) is 5.82 Å². The molecule has 28 heavy (non-hydrogen) atoms. The first kappa shape index (κ1) is 19.8. The van der Waals surface area contributed by atoms with Gasteiger partial charge in [0.1, 0.15) is 11.6 Å². The second kappa shape index (κ2) is 8.80. The molecule has 6 heteroatoms. The van der Waals surface area contributed by atoms with Crippen LogP contribution in [0.4, 0.5) is 4.39 Å². The van der Waals surface area contributed by atoms with E-state index in [2.05, 4.69) is 0 Å². The highest BCUT2D eigenvalue weighted by molar-refractivity contribution is 6.46. The van der Waals surface area contributed by atoms with Gasteiger partial charge in [-0.2, -0.15) is 0 Å². The Labute approximate surface area is 163 Å². The molecule has 5 nitrogen and oxygen atoms in total. The van der Waals surface area contributed by atoms with E-state index in [1.54, 1.807) is 0 Å². The van der Waals surface area contributed by atoms with Gasteiger partial charge in [-0.25, -0.2) is 4.39 Å². The van der Waals surface area contributed by atoms with Gasteiger partial charge in [0.25, 0.3) is 11.7 Å². The molecule has 2 aromatic rings. The number of benzene rings is 2. The molecule has 0 bridgehead atoms. The third kappa shape index (κ3) is 3.97. The van der Waals surface area contributed by atoms with Crippen molar-refractivity contribution in [2.24, 2.45) is 0 Å². The van der Waals surface area contributed by atoms with Crippen LogP contribution in [0.1, 0.15) is 30.5 Å². The lowest BCUT2D eigenvalue weighted by Gasteiger charge is -2.25. The Kier molecular flexibility index (Phi) is 6.21. The lowest BCUT2D eigenvalue weighted by Crippen LogP contribution is -2.31. The van der Waals surface area contributed by atoms with E-state index in [0.29, 0.717) is 26.2 Å². The molecule has 0 unspecified atom stereocenters. The summed E-state index contributed by atoms with van der Waals surface area (Å²) in [6, 6.07) is 13.5. The van der Waals surface area contributed by atoms with Crippen molar-refractivity contribution < 1.29 is 23.8 Å². The van der Waals surface area contributed by atoms with E-state index < -0.39 is 23.5 Å². The van der Waals surface area contributed by atoms with Crippen LogP contribution >= 0.6 is 0 Å². The van der Waals surface area contributed by atoms with Crippen molar-refractivity contribution in [3.8, 4) is 0 Å². The summed E-state index contributed by atoms with van der Waals surface area (Å²) in [6.07, 6.45) is 0.570. The standard InChI is InChI=1S/C22H22FNO4/c1-2-28-14-6-13-24-19(15-7-4-3-5-8-15)18(21(26)22(24)27)20(25)16-9-11-17(23)12-10-16/h3-5,7-12,19,25H,2,6,13-14H2,1H3/t19-/m0/s1. The molecule has 3 rings (SSSR count). The van der Waals surface area contributed by atoms with Gasteiger partial charge in [-0.1, -0.05) is 30.3 Å². The third-order valence-electron chi connectivity index (χ3n) is 4.66. The Balaban J connectivity index is 2.03. The average molecular weight is 383 g/mol. The minimum Gasteiger partial charge on any atom is -0.507 e. The smallest absolute Gasteiger partial charge is 0.295 e. The number of ether oxygens (including phenoxy) is 1. The van der Waals surface area contributed by atoms with Crippen LogP contribution < -0.4 is 0 Å². The van der Waals surface area contributed by atoms with E-state index in [4.69, 9.17) is 4.74 Å². The second-order valence-corrected chi connectivity index (χ2v) is 6.46. The zero-order chi connectivity index (χ0) is 20.1. The minimum atomic E-state index is -0.743. The highest BCUT2D eigenvalue weighted by Crippen LogP contribution is 2.39. The number of carbonyl (C=O) groups excluding carboxylic acids is 2. The predicted molar refractivity (Wildman–Crippen MR) is 103 cm³/mol. The molecule has 1 saturated heterocycles. The van der Waals surface area contributed by atoms with Crippen LogP contribution in [0.2, 0.25) is 0 Å². The fraction of sp³-hybridized carbons (Fsp3) is 0.273. The number of nitrogens with zero attached hydrogens (tertiary/aromatic N) is 1. The van der Waals surface area contributed by atoms with Gasteiger partial charge in [0, 0.05) is 25.3 Å². The number of likely N-dealkylation sites (tertiary alicyclic amines) is 1. The number of rotatable bonds is 7. The number of halogens is 1. The lowest BCUT2D eigenvalue weighted by atomic mass is 9.95. The predicted octanol–water partition coefficient (Wildman–Crippen LogP) is 3.67. The van der Waals surface area contributed by atoms with Crippen molar-refractivity contribution in [2.45, 2.75) is 19.4 Å². The van der Waals surface area contributed by atoms with Gasteiger partial charge in [0.2, 0.25) is 0 Å². The maximum Gasteiger partial charge on any atom is 0.295 e. The molecular weight excluding hydrogens is 361 g/mol. The average Bonchev–Trinajstić information content (AvgIpc) is 2.97. The molecule has 1 atom stereocenters. The second-order valence-electron chi connectivity index (χ2n) is 6.46. The zero-order valence-corrected chi connectivity index (χ0v) is 15.6. The van der Waals surface area contributed by atoms with Gasteiger partial charge in [0.05, 0.1) is 11.6 Å². The molecule has 0 aliphatic carbocycles. The lowest BCUT2D eigenvalue weighted by molar-refractivity contribution is -0.140. The largest absolute Gasteiger partial charge is 0.507 e. The highest BCUT2D eigenvalue weighted by Gasteiger charge is 2.45. The fourth-order valence-corrected chi connectivity index (χ4v) is 3.34. The summed E-state index contributed by atoms with van der Waals surface area (Å²) < 4.78 is 18.6. The normalized spacial score (nSPS) is 18.6. The van der Waals surface area contributed by atoms with E-state index >= 15 is 0 Å². The summed E-state index contributed by atoms with van der Waals surface area (Å²) in [4.78, 5) is 26.9. The van der Waals surface area contributed by atoms with Crippen LogP contribution in [0.5, 0.6) is 0 Å². The molecule has 1 aliphatic heterocycles. The third-order valence-corrected chi connectivity index (χ3v) is 4.66. The minimum absolute atomic E-state index is 0.0132. The van der Waals surface area contributed by atoms with E-state index in [9.17, 15) is 19.1 Å². The monoisotopic (exact) mass is 383 g/mol. The molecule has 0 aromatic heterocycles. The highest BCUT2D eigenvalue weighted by atomic mass is 19.1. The Morgan fingerprint density at radius 1 is 1.11 bits per heavy atom. The summed E-state index contributed by atoms with van der Waals surface area (Å²) in [7, 11) is 0. The number of ketones is 1.